The molecule has 0 aliphatic carbocycles. The molecule has 2 saturated heterocycles. The number of methoxy groups -OCH3 is 1. The van der Waals surface area contributed by atoms with E-state index in [0.717, 1.165) is 19.6 Å². The van der Waals surface area contributed by atoms with Gasteiger partial charge in [-0.15, -0.1) is 0 Å². The van der Waals surface area contributed by atoms with Crippen LogP contribution in [0.2, 0.25) is 0 Å². The molecule has 2 rings (SSSR count). The first kappa shape index (κ1) is 9.40. The highest BCUT2D eigenvalue weighted by molar-refractivity contribution is 4.74. The quantitative estimate of drug-likeness (QED) is 0.632. The third-order valence-corrected chi connectivity index (χ3v) is 2.50. The summed E-state index contributed by atoms with van der Waals surface area (Å²) >= 11 is 0. The average molecular weight is 188 g/mol. The van der Waals surface area contributed by atoms with Crippen molar-refractivity contribution in [3.05, 3.63) is 0 Å². The van der Waals surface area contributed by atoms with Crippen molar-refractivity contribution in [3.8, 4) is 0 Å². The molecule has 4 nitrogen and oxygen atoms in total. The zero-order valence-corrected chi connectivity index (χ0v) is 7.90. The van der Waals surface area contributed by atoms with E-state index in [0.29, 0.717) is 19.3 Å². The largest absolute Gasteiger partial charge is 0.379 e. The second-order valence-corrected chi connectivity index (χ2v) is 3.54. The van der Waals surface area contributed by atoms with E-state index in [1.54, 1.807) is 7.11 Å². The molecule has 2 unspecified atom stereocenters. The van der Waals surface area contributed by atoms with Gasteiger partial charge in [0.25, 0.3) is 0 Å². The Labute approximate surface area is 78.1 Å². The van der Waals surface area contributed by atoms with Crippen LogP contribution in [0.3, 0.4) is 0 Å². The van der Waals surface area contributed by atoms with Gasteiger partial charge in [-0.1, -0.05) is 0 Å². The van der Waals surface area contributed by atoms with Gasteiger partial charge in [-0.2, -0.15) is 0 Å². The maximum absolute atomic E-state index is 5.55. The molecule has 2 atom stereocenters. The minimum absolute atomic E-state index is 0.213. The zero-order valence-electron chi connectivity index (χ0n) is 7.90. The van der Waals surface area contributed by atoms with Gasteiger partial charge in [0, 0.05) is 13.5 Å². The molecule has 0 saturated carbocycles. The van der Waals surface area contributed by atoms with Crippen LogP contribution in [0.4, 0.5) is 0 Å². The van der Waals surface area contributed by atoms with E-state index in [-0.39, 0.29) is 12.2 Å². The lowest BCUT2D eigenvalue weighted by atomic mass is 10.2. The van der Waals surface area contributed by atoms with E-state index in [4.69, 9.17) is 18.9 Å². The summed E-state index contributed by atoms with van der Waals surface area (Å²) in [6.07, 6.45) is 1.71. The molecule has 0 radical (unpaired) electrons. The normalized spacial score (nSPS) is 34.8. The van der Waals surface area contributed by atoms with Crippen LogP contribution in [-0.4, -0.2) is 51.8 Å². The molecular formula is C9H16O4. The van der Waals surface area contributed by atoms with E-state index in [9.17, 15) is 0 Å². The molecule has 2 aliphatic rings. The molecule has 0 amide bonds. The van der Waals surface area contributed by atoms with Gasteiger partial charge in [0.05, 0.1) is 38.6 Å². The van der Waals surface area contributed by atoms with Crippen molar-refractivity contribution in [3.63, 3.8) is 0 Å². The molecule has 0 aromatic carbocycles. The molecule has 0 N–H and O–H groups in total. The molecule has 2 aliphatic heterocycles. The summed E-state index contributed by atoms with van der Waals surface area (Å²) in [5.74, 6) is 0. The number of rotatable bonds is 4. The van der Waals surface area contributed by atoms with Crippen LogP contribution in [0, 0.1) is 0 Å². The van der Waals surface area contributed by atoms with E-state index in [2.05, 4.69) is 0 Å². The topological polar surface area (TPSA) is 36.9 Å². The van der Waals surface area contributed by atoms with Crippen molar-refractivity contribution in [2.75, 3.05) is 33.5 Å². The zero-order chi connectivity index (χ0) is 9.10. The molecule has 2 heterocycles. The van der Waals surface area contributed by atoms with Crippen molar-refractivity contribution in [1.82, 2.24) is 0 Å². The lowest BCUT2D eigenvalue weighted by Crippen LogP contribution is -2.38. The van der Waals surface area contributed by atoms with E-state index >= 15 is 0 Å². The van der Waals surface area contributed by atoms with Gasteiger partial charge < -0.3 is 18.9 Å². The van der Waals surface area contributed by atoms with Crippen molar-refractivity contribution in [2.45, 2.75) is 24.7 Å². The smallest absolute Gasteiger partial charge is 0.104 e. The van der Waals surface area contributed by atoms with Crippen LogP contribution >= 0.6 is 0 Å². The summed E-state index contributed by atoms with van der Waals surface area (Å²) < 4.78 is 21.2. The lowest BCUT2D eigenvalue weighted by molar-refractivity contribution is -0.144. The van der Waals surface area contributed by atoms with Crippen molar-refractivity contribution in [2.24, 2.45) is 0 Å². The maximum Gasteiger partial charge on any atom is 0.104 e. The first-order valence-corrected chi connectivity index (χ1v) is 4.72. The Balaban J connectivity index is 1.59. The Kier molecular flexibility index (Phi) is 3.16. The summed E-state index contributed by atoms with van der Waals surface area (Å²) in [4.78, 5) is 0. The van der Waals surface area contributed by atoms with E-state index < -0.39 is 0 Å². The van der Waals surface area contributed by atoms with Crippen LogP contribution < -0.4 is 0 Å². The predicted octanol–water partition coefficient (Wildman–Crippen LogP) is 0.206. The molecular weight excluding hydrogens is 172 g/mol. The first-order valence-electron chi connectivity index (χ1n) is 4.72. The molecule has 0 bridgehead atoms. The Morgan fingerprint density at radius 1 is 1.23 bits per heavy atom. The summed E-state index contributed by atoms with van der Waals surface area (Å²) in [6.45, 7) is 2.85. The van der Waals surface area contributed by atoms with Crippen molar-refractivity contribution in [1.29, 1.82) is 0 Å². The monoisotopic (exact) mass is 188 g/mol. The SMILES string of the molecule is COC1COC(COC2COC2)C1. The number of hydrogen-bond acceptors (Lipinski definition) is 4. The second kappa shape index (κ2) is 4.37. The highest BCUT2D eigenvalue weighted by Crippen LogP contribution is 2.17. The third kappa shape index (κ3) is 2.40. The van der Waals surface area contributed by atoms with Gasteiger partial charge in [0.1, 0.15) is 6.10 Å². The summed E-state index contributed by atoms with van der Waals surface area (Å²) in [5.41, 5.74) is 0. The fourth-order valence-electron chi connectivity index (χ4n) is 1.51. The maximum atomic E-state index is 5.55. The Bertz CT molecular complexity index is 158. The van der Waals surface area contributed by atoms with Gasteiger partial charge in [0.15, 0.2) is 0 Å². The van der Waals surface area contributed by atoms with Crippen LogP contribution in [0.25, 0.3) is 0 Å². The van der Waals surface area contributed by atoms with Crippen LogP contribution in [-0.2, 0) is 18.9 Å². The molecule has 0 aromatic heterocycles. The van der Waals surface area contributed by atoms with Gasteiger partial charge >= 0.3 is 0 Å². The van der Waals surface area contributed by atoms with Gasteiger partial charge in [0.2, 0.25) is 0 Å². The van der Waals surface area contributed by atoms with Crippen molar-refractivity contribution < 1.29 is 18.9 Å². The van der Waals surface area contributed by atoms with Crippen molar-refractivity contribution >= 4 is 0 Å². The average Bonchev–Trinajstić information content (AvgIpc) is 2.49. The fraction of sp³-hybridized carbons (Fsp3) is 1.00. The molecule has 0 aromatic rings. The summed E-state index contributed by atoms with van der Waals surface area (Å²) in [7, 11) is 1.72. The highest BCUT2D eigenvalue weighted by Gasteiger charge is 2.27. The number of ether oxygens (including phenoxy) is 4. The lowest BCUT2D eigenvalue weighted by Gasteiger charge is -2.27. The first-order chi connectivity index (χ1) is 6.38. The summed E-state index contributed by atoms with van der Waals surface area (Å²) in [6, 6.07) is 0. The molecule has 76 valence electrons. The molecule has 2 fully saturated rings. The fourth-order valence-corrected chi connectivity index (χ4v) is 1.51. The van der Waals surface area contributed by atoms with E-state index in [1.165, 1.54) is 0 Å². The highest BCUT2D eigenvalue weighted by atomic mass is 16.6. The van der Waals surface area contributed by atoms with Gasteiger partial charge in [-0.05, 0) is 0 Å². The molecule has 13 heavy (non-hydrogen) atoms. The predicted molar refractivity (Wildman–Crippen MR) is 45.7 cm³/mol. The summed E-state index contributed by atoms with van der Waals surface area (Å²) in [5, 5.41) is 0. The third-order valence-electron chi connectivity index (χ3n) is 2.50. The minimum atomic E-state index is 0.213. The second-order valence-electron chi connectivity index (χ2n) is 3.54. The minimum Gasteiger partial charge on any atom is -0.379 e. The van der Waals surface area contributed by atoms with Gasteiger partial charge in [-0.3, -0.25) is 0 Å². The standard InChI is InChI=1S/C9H16O4/c1-10-7-2-8(12-5-7)6-13-9-3-11-4-9/h7-9H,2-6H2,1H3. The Morgan fingerprint density at radius 2 is 2.08 bits per heavy atom. The molecule has 0 spiro atoms. The molecule has 4 heteroatoms. The van der Waals surface area contributed by atoms with Crippen LogP contribution in [0.1, 0.15) is 6.42 Å². The Morgan fingerprint density at radius 3 is 2.62 bits per heavy atom. The van der Waals surface area contributed by atoms with E-state index in [1.807, 2.05) is 0 Å². The van der Waals surface area contributed by atoms with Gasteiger partial charge in [-0.25, -0.2) is 0 Å². The van der Waals surface area contributed by atoms with Crippen LogP contribution in [0.15, 0.2) is 0 Å². The number of hydrogen-bond donors (Lipinski definition) is 0. The Hall–Kier alpha value is -0.160. The van der Waals surface area contributed by atoms with Crippen LogP contribution in [0.5, 0.6) is 0 Å².